The molecule has 0 bridgehead atoms. The highest BCUT2D eigenvalue weighted by Crippen LogP contribution is 2.28. The maximum absolute atomic E-state index is 12.1. The number of nitrogens with one attached hydrogen (secondary N) is 2. The Morgan fingerprint density at radius 1 is 1.08 bits per heavy atom. The van der Waals surface area contributed by atoms with Crippen LogP contribution in [0.15, 0.2) is 42.5 Å². The minimum absolute atomic E-state index is 0.490. The normalized spacial score (nSPS) is 10.9. The van der Waals surface area contributed by atoms with Crippen molar-refractivity contribution >= 4 is 17.5 Å². The molecule has 0 spiro atoms. The summed E-state index contributed by atoms with van der Waals surface area (Å²) in [7, 11) is 1.61. The van der Waals surface area contributed by atoms with Crippen molar-refractivity contribution in [2.45, 2.75) is 39.8 Å². The Morgan fingerprint density at radius 3 is 2.48 bits per heavy atom. The summed E-state index contributed by atoms with van der Waals surface area (Å²) in [6, 6.07) is 13.7. The lowest BCUT2D eigenvalue weighted by Crippen LogP contribution is -2.27. The third-order valence-corrected chi connectivity index (χ3v) is 3.43. The van der Waals surface area contributed by atoms with Crippen LogP contribution in [-0.4, -0.2) is 18.8 Å². The minimum Gasteiger partial charge on any atom is -0.497 e. The SMILES string of the molecule is COc1ccc(NC(=O)OC(C)(C)C)c(NCc2cccc(C)c2)c1. The van der Waals surface area contributed by atoms with E-state index in [2.05, 4.69) is 35.8 Å². The molecular weight excluding hydrogens is 316 g/mol. The van der Waals surface area contributed by atoms with Gasteiger partial charge < -0.3 is 14.8 Å². The summed E-state index contributed by atoms with van der Waals surface area (Å²) in [5.41, 5.74) is 3.23. The number of hydrogen-bond acceptors (Lipinski definition) is 4. The highest BCUT2D eigenvalue weighted by atomic mass is 16.6. The zero-order valence-electron chi connectivity index (χ0n) is 15.5. The molecule has 2 aromatic carbocycles. The third-order valence-electron chi connectivity index (χ3n) is 3.43. The van der Waals surface area contributed by atoms with E-state index in [9.17, 15) is 4.79 Å². The van der Waals surface area contributed by atoms with Gasteiger partial charge in [0.05, 0.1) is 18.5 Å². The number of ether oxygens (including phenoxy) is 2. The van der Waals surface area contributed by atoms with Crippen molar-refractivity contribution < 1.29 is 14.3 Å². The molecule has 2 aromatic rings. The fourth-order valence-electron chi connectivity index (χ4n) is 2.34. The molecule has 0 fully saturated rings. The Kier molecular flexibility index (Phi) is 5.91. The van der Waals surface area contributed by atoms with Crippen LogP contribution in [-0.2, 0) is 11.3 Å². The number of anilines is 2. The second kappa shape index (κ2) is 7.92. The number of amides is 1. The number of benzene rings is 2. The molecule has 0 unspecified atom stereocenters. The van der Waals surface area contributed by atoms with E-state index in [0.29, 0.717) is 18.0 Å². The predicted octanol–water partition coefficient (Wildman–Crippen LogP) is 4.96. The molecule has 0 aliphatic carbocycles. The van der Waals surface area contributed by atoms with Crippen LogP contribution >= 0.6 is 0 Å². The van der Waals surface area contributed by atoms with E-state index in [1.54, 1.807) is 19.2 Å². The molecule has 0 aliphatic rings. The van der Waals surface area contributed by atoms with Crippen LogP contribution < -0.4 is 15.4 Å². The molecule has 0 aliphatic heterocycles. The van der Waals surface area contributed by atoms with E-state index in [0.717, 1.165) is 11.3 Å². The van der Waals surface area contributed by atoms with Gasteiger partial charge in [0.25, 0.3) is 0 Å². The van der Waals surface area contributed by atoms with Crippen molar-refractivity contribution in [2.24, 2.45) is 0 Å². The van der Waals surface area contributed by atoms with Crippen LogP contribution in [0, 0.1) is 6.92 Å². The molecule has 0 saturated heterocycles. The number of carbonyl (C=O) groups excluding carboxylic acids is 1. The maximum Gasteiger partial charge on any atom is 0.412 e. The number of aryl methyl sites for hydroxylation is 1. The predicted molar refractivity (Wildman–Crippen MR) is 101 cm³/mol. The highest BCUT2D eigenvalue weighted by Gasteiger charge is 2.17. The Morgan fingerprint density at radius 2 is 1.84 bits per heavy atom. The van der Waals surface area contributed by atoms with Gasteiger partial charge in [0.1, 0.15) is 11.4 Å². The molecular formula is C20H26N2O3. The van der Waals surface area contributed by atoms with Gasteiger partial charge in [-0.2, -0.15) is 0 Å². The molecule has 0 radical (unpaired) electrons. The van der Waals surface area contributed by atoms with Crippen molar-refractivity contribution in [3.05, 3.63) is 53.6 Å². The largest absolute Gasteiger partial charge is 0.497 e. The van der Waals surface area contributed by atoms with Crippen LogP contribution in [0.4, 0.5) is 16.2 Å². The first kappa shape index (κ1) is 18.6. The fourth-order valence-corrected chi connectivity index (χ4v) is 2.34. The molecule has 5 nitrogen and oxygen atoms in total. The molecule has 1 amide bonds. The standard InChI is InChI=1S/C20H26N2O3/c1-14-7-6-8-15(11-14)13-21-18-12-16(24-5)9-10-17(18)22-19(23)25-20(2,3)4/h6-12,21H,13H2,1-5H3,(H,22,23). The average molecular weight is 342 g/mol. The van der Waals surface area contributed by atoms with Crippen molar-refractivity contribution in [3.8, 4) is 5.75 Å². The zero-order chi connectivity index (χ0) is 18.4. The number of rotatable bonds is 5. The number of hydrogen-bond donors (Lipinski definition) is 2. The molecule has 2 rings (SSSR count). The van der Waals surface area contributed by atoms with E-state index >= 15 is 0 Å². The van der Waals surface area contributed by atoms with Crippen LogP contribution in [0.2, 0.25) is 0 Å². The lowest BCUT2D eigenvalue weighted by molar-refractivity contribution is 0.0636. The number of carbonyl (C=O) groups is 1. The molecule has 0 atom stereocenters. The monoisotopic (exact) mass is 342 g/mol. The zero-order valence-corrected chi connectivity index (χ0v) is 15.5. The van der Waals surface area contributed by atoms with Crippen molar-refractivity contribution in [2.75, 3.05) is 17.7 Å². The first-order chi connectivity index (χ1) is 11.8. The van der Waals surface area contributed by atoms with Gasteiger partial charge in [0.2, 0.25) is 0 Å². The van der Waals surface area contributed by atoms with E-state index in [-0.39, 0.29) is 0 Å². The summed E-state index contributed by atoms with van der Waals surface area (Å²) >= 11 is 0. The average Bonchev–Trinajstić information content (AvgIpc) is 2.52. The third kappa shape index (κ3) is 6.03. The first-order valence-corrected chi connectivity index (χ1v) is 8.24. The van der Waals surface area contributed by atoms with Gasteiger partial charge in [-0.3, -0.25) is 5.32 Å². The Labute approximate surface area is 149 Å². The molecule has 25 heavy (non-hydrogen) atoms. The van der Waals surface area contributed by atoms with E-state index in [1.807, 2.05) is 32.9 Å². The van der Waals surface area contributed by atoms with E-state index in [1.165, 1.54) is 5.56 Å². The van der Waals surface area contributed by atoms with Crippen molar-refractivity contribution in [3.63, 3.8) is 0 Å². The summed E-state index contributed by atoms with van der Waals surface area (Å²) in [4.78, 5) is 12.1. The second-order valence-electron chi connectivity index (χ2n) is 6.88. The summed E-state index contributed by atoms with van der Waals surface area (Å²) < 4.78 is 10.6. The lowest BCUT2D eigenvalue weighted by Gasteiger charge is -2.21. The molecule has 5 heteroatoms. The Hall–Kier alpha value is -2.69. The van der Waals surface area contributed by atoms with Gasteiger partial charge >= 0.3 is 6.09 Å². The maximum atomic E-state index is 12.1. The van der Waals surface area contributed by atoms with E-state index in [4.69, 9.17) is 9.47 Å². The molecule has 0 aromatic heterocycles. The number of methoxy groups -OCH3 is 1. The van der Waals surface area contributed by atoms with E-state index < -0.39 is 11.7 Å². The smallest absolute Gasteiger partial charge is 0.412 e. The molecule has 2 N–H and O–H groups in total. The van der Waals surface area contributed by atoms with Gasteiger partial charge in [-0.15, -0.1) is 0 Å². The molecule has 0 heterocycles. The topological polar surface area (TPSA) is 59.6 Å². The lowest BCUT2D eigenvalue weighted by atomic mass is 10.1. The summed E-state index contributed by atoms with van der Waals surface area (Å²) in [5, 5.41) is 6.14. The Bertz CT molecular complexity index is 736. The first-order valence-electron chi connectivity index (χ1n) is 8.24. The summed E-state index contributed by atoms with van der Waals surface area (Å²) in [6.45, 7) is 8.19. The second-order valence-corrected chi connectivity index (χ2v) is 6.88. The van der Waals surface area contributed by atoms with Crippen molar-refractivity contribution in [1.29, 1.82) is 0 Å². The summed E-state index contributed by atoms with van der Waals surface area (Å²) in [5.74, 6) is 0.710. The van der Waals surface area contributed by atoms with Gasteiger partial charge in [0, 0.05) is 12.6 Å². The molecule has 0 saturated carbocycles. The van der Waals surface area contributed by atoms with Crippen molar-refractivity contribution in [1.82, 2.24) is 0 Å². The highest BCUT2D eigenvalue weighted by molar-refractivity contribution is 5.90. The van der Waals surface area contributed by atoms with Gasteiger partial charge in [-0.25, -0.2) is 4.79 Å². The van der Waals surface area contributed by atoms with Gasteiger partial charge in [-0.05, 0) is 45.4 Å². The quantitative estimate of drug-likeness (QED) is 0.806. The van der Waals surface area contributed by atoms with Gasteiger partial charge in [0.15, 0.2) is 0 Å². The van der Waals surface area contributed by atoms with Gasteiger partial charge in [-0.1, -0.05) is 29.8 Å². The van der Waals surface area contributed by atoms with Crippen LogP contribution in [0.25, 0.3) is 0 Å². The van der Waals surface area contributed by atoms with Crippen LogP contribution in [0.5, 0.6) is 5.75 Å². The fraction of sp³-hybridized carbons (Fsp3) is 0.350. The summed E-state index contributed by atoms with van der Waals surface area (Å²) in [6.07, 6.45) is -0.490. The molecule has 134 valence electrons. The Balaban J connectivity index is 2.15. The van der Waals surface area contributed by atoms with Crippen LogP contribution in [0.3, 0.4) is 0 Å². The minimum atomic E-state index is -0.550. The van der Waals surface area contributed by atoms with Crippen LogP contribution in [0.1, 0.15) is 31.9 Å².